The van der Waals surface area contributed by atoms with E-state index in [1.165, 1.54) is 6.08 Å². The normalized spacial score (nSPS) is 17.0. The standard InChI is InChI=1S/C16H13NO4/c18-16(19)15-10-14(17-21-15)11-6-8-13(9-7-11)20-12-4-2-1-3-5-12/h1-10,15,17H,(H,18,19). The molecule has 21 heavy (non-hydrogen) atoms. The maximum Gasteiger partial charge on any atom is 0.339 e. The molecule has 0 amide bonds. The van der Waals surface area contributed by atoms with Crippen molar-refractivity contribution in [3.05, 3.63) is 66.2 Å². The Balaban J connectivity index is 1.73. The van der Waals surface area contributed by atoms with Gasteiger partial charge in [0.15, 0.2) is 0 Å². The van der Waals surface area contributed by atoms with E-state index in [1.807, 2.05) is 54.6 Å². The fourth-order valence-corrected chi connectivity index (χ4v) is 1.95. The Labute approximate surface area is 121 Å². The zero-order chi connectivity index (χ0) is 14.7. The molecular formula is C16H13NO4. The average Bonchev–Trinajstić information content (AvgIpc) is 2.99. The fourth-order valence-electron chi connectivity index (χ4n) is 1.95. The highest BCUT2D eigenvalue weighted by Gasteiger charge is 2.23. The second-order valence-electron chi connectivity index (χ2n) is 4.50. The minimum atomic E-state index is -1.03. The molecule has 2 N–H and O–H groups in total. The Morgan fingerprint density at radius 3 is 2.33 bits per heavy atom. The van der Waals surface area contributed by atoms with E-state index in [-0.39, 0.29) is 0 Å². The van der Waals surface area contributed by atoms with Gasteiger partial charge in [0, 0.05) is 0 Å². The van der Waals surface area contributed by atoms with E-state index in [9.17, 15) is 4.79 Å². The van der Waals surface area contributed by atoms with Gasteiger partial charge in [0.25, 0.3) is 0 Å². The highest BCUT2D eigenvalue weighted by Crippen LogP contribution is 2.24. The molecule has 0 fully saturated rings. The number of para-hydroxylation sites is 1. The van der Waals surface area contributed by atoms with Crippen LogP contribution in [0.25, 0.3) is 5.70 Å². The van der Waals surface area contributed by atoms with Crippen LogP contribution in [0.5, 0.6) is 11.5 Å². The first-order valence-corrected chi connectivity index (χ1v) is 6.42. The number of ether oxygens (including phenoxy) is 1. The number of hydrogen-bond acceptors (Lipinski definition) is 4. The maximum atomic E-state index is 10.8. The first kappa shape index (κ1) is 13.2. The Morgan fingerprint density at radius 2 is 1.71 bits per heavy atom. The summed E-state index contributed by atoms with van der Waals surface area (Å²) in [5.74, 6) is 0.443. The van der Waals surface area contributed by atoms with Crippen LogP contribution in [0.15, 0.2) is 60.7 Å². The van der Waals surface area contributed by atoms with Crippen LogP contribution < -0.4 is 10.2 Å². The van der Waals surface area contributed by atoms with Gasteiger partial charge in [-0.15, -0.1) is 0 Å². The third kappa shape index (κ3) is 3.04. The molecule has 1 unspecified atom stereocenters. The summed E-state index contributed by atoms with van der Waals surface area (Å²) < 4.78 is 5.69. The van der Waals surface area contributed by atoms with Crippen LogP contribution in [0.1, 0.15) is 5.56 Å². The van der Waals surface area contributed by atoms with Crippen molar-refractivity contribution in [1.82, 2.24) is 5.48 Å². The first-order valence-electron chi connectivity index (χ1n) is 6.42. The molecule has 1 aliphatic heterocycles. The first-order chi connectivity index (χ1) is 10.2. The molecule has 5 nitrogen and oxygen atoms in total. The van der Waals surface area contributed by atoms with Gasteiger partial charge in [-0.1, -0.05) is 18.2 Å². The second kappa shape index (κ2) is 5.68. The van der Waals surface area contributed by atoms with Crippen LogP contribution in [0, 0.1) is 0 Å². The molecule has 2 aromatic rings. The van der Waals surface area contributed by atoms with E-state index >= 15 is 0 Å². The van der Waals surface area contributed by atoms with Crippen molar-refractivity contribution in [2.75, 3.05) is 0 Å². The van der Waals surface area contributed by atoms with E-state index in [0.29, 0.717) is 11.4 Å². The predicted octanol–water partition coefficient (Wildman–Crippen LogP) is 2.81. The third-order valence-corrected chi connectivity index (χ3v) is 3.00. The third-order valence-electron chi connectivity index (χ3n) is 3.00. The summed E-state index contributed by atoms with van der Waals surface area (Å²) in [6.45, 7) is 0. The highest BCUT2D eigenvalue weighted by molar-refractivity contribution is 5.80. The van der Waals surface area contributed by atoms with Crippen LogP contribution in [0.2, 0.25) is 0 Å². The number of nitrogens with one attached hydrogen (secondary N) is 1. The summed E-state index contributed by atoms with van der Waals surface area (Å²) in [6, 6.07) is 16.8. The van der Waals surface area contributed by atoms with Gasteiger partial charge in [-0.25, -0.2) is 4.79 Å². The molecular weight excluding hydrogens is 270 g/mol. The molecule has 1 atom stereocenters. The van der Waals surface area contributed by atoms with Crippen molar-refractivity contribution < 1.29 is 19.5 Å². The number of carboxylic acid groups (broad SMARTS) is 1. The van der Waals surface area contributed by atoms with Crippen LogP contribution >= 0.6 is 0 Å². The van der Waals surface area contributed by atoms with E-state index in [4.69, 9.17) is 14.7 Å². The summed E-state index contributed by atoms with van der Waals surface area (Å²) in [5, 5.41) is 8.86. The van der Waals surface area contributed by atoms with Crippen molar-refractivity contribution in [3.8, 4) is 11.5 Å². The Morgan fingerprint density at radius 1 is 1.05 bits per heavy atom. The molecule has 0 aromatic heterocycles. The molecule has 1 aliphatic rings. The molecule has 0 bridgehead atoms. The summed E-state index contributed by atoms with van der Waals surface area (Å²) in [5.41, 5.74) is 4.08. The number of hydrogen-bond donors (Lipinski definition) is 2. The number of rotatable bonds is 4. The van der Waals surface area contributed by atoms with Gasteiger partial charge in [0.05, 0.1) is 5.70 Å². The van der Waals surface area contributed by atoms with E-state index in [1.54, 1.807) is 0 Å². The topological polar surface area (TPSA) is 67.8 Å². The predicted molar refractivity (Wildman–Crippen MR) is 76.6 cm³/mol. The Hall–Kier alpha value is -2.79. The summed E-state index contributed by atoms with van der Waals surface area (Å²) in [7, 11) is 0. The number of carboxylic acids is 1. The quantitative estimate of drug-likeness (QED) is 0.903. The van der Waals surface area contributed by atoms with Gasteiger partial charge >= 0.3 is 5.97 Å². The molecule has 5 heteroatoms. The zero-order valence-electron chi connectivity index (χ0n) is 11.0. The van der Waals surface area contributed by atoms with Crippen molar-refractivity contribution in [2.45, 2.75) is 6.10 Å². The zero-order valence-corrected chi connectivity index (χ0v) is 11.0. The molecule has 3 rings (SSSR count). The lowest BCUT2D eigenvalue weighted by Crippen LogP contribution is -2.20. The van der Waals surface area contributed by atoms with Gasteiger partial charge in [-0.2, -0.15) is 0 Å². The average molecular weight is 283 g/mol. The van der Waals surface area contributed by atoms with Gasteiger partial charge in [0.2, 0.25) is 6.10 Å². The van der Waals surface area contributed by atoms with Crippen molar-refractivity contribution in [2.24, 2.45) is 0 Å². The molecule has 2 aromatic carbocycles. The van der Waals surface area contributed by atoms with Crippen molar-refractivity contribution in [3.63, 3.8) is 0 Å². The number of aliphatic carboxylic acids is 1. The highest BCUT2D eigenvalue weighted by atomic mass is 16.7. The monoisotopic (exact) mass is 283 g/mol. The molecule has 0 radical (unpaired) electrons. The molecule has 1 heterocycles. The Kier molecular flexibility index (Phi) is 3.57. The van der Waals surface area contributed by atoms with Gasteiger partial charge in [0.1, 0.15) is 11.5 Å². The SMILES string of the molecule is O=C(O)C1C=C(c2ccc(Oc3ccccc3)cc2)NO1. The molecule has 106 valence electrons. The summed E-state index contributed by atoms with van der Waals surface area (Å²) in [6.07, 6.45) is 0.565. The summed E-state index contributed by atoms with van der Waals surface area (Å²) in [4.78, 5) is 15.7. The number of benzene rings is 2. The molecule has 0 saturated carbocycles. The van der Waals surface area contributed by atoms with Gasteiger partial charge < -0.3 is 9.84 Å². The van der Waals surface area contributed by atoms with Crippen LogP contribution in [0.4, 0.5) is 0 Å². The molecule has 0 aliphatic carbocycles. The van der Waals surface area contributed by atoms with Crippen LogP contribution in [0.3, 0.4) is 0 Å². The number of hydroxylamine groups is 1. The lowest BCUT2D eigenvalue weighted by molar-refractivity contribution is -0.148. The van der Waals surface area contributed by atoms with E-state index in [0.717, 1.165) is 11.3 Å². The van der Waals surface area contributed by atoms with Crippen LogP contribution in [-0.2, 0) is 9.63 Å². The van der Waals surface area contributed by atoms with Crippen LogP contribution in [-0.4, -0.2) is 17.2 Å². The minimum Gasteiger partial charge on any atom is -0.479 e. The van der Waals surface area contributed by atoms with E-state index < -0.39 is 12.1 Å². The van der Waals surface area contributed by atoms with Crippen molar-refractivity contribution in [1.29, 1.82) is 0 Å². The molecule has 0 spiro atoms. The largest absolute Gasteiger partial charge is 0.479 e. The van der Waals surface area contributed by atoms with E-state index in [2.05, 4.69) is 5.48 Å². The lowest BCUT2D eigenvalue weighted by Gasteiger charge is -2.07. The second-order valence-corrected chi connectivity index (χ2v) is 4.50. The molecule has 0 saturated heterocycles. The Bertz CT molecular complexity index is 664. The smallest absolute Gasteiger partial charge is 0.339 e. The fraction of sp³-hybridized carbons (Fsp3) is 0.0625. The number of carbonyl (C=O) groups is 1. The minimum absolute atomic E-state index is 0.633. The van der Waals surface area contributed by atoms with Gasteiger partial charge in [-0.3, -0.25) is 10.3 Å². The maximum absolute atomic E-state index is 10.8. The van der Waals surface area contributed by atoms with Crippen molar-refractivity contribution >= 4 is 11.7 Å². The lowest BCUT2D eigenvalue weighted by atomic mass is 10.1. The van der Waals surface area contributed by atoms with Gasteiger partial charge in [-0.05, 0) is 48.0 Å². The summed E-state index contributed by atoms with van der Waals surface area (Å²) >= 11 is 0.